The minimum absolute atomic E-state index is 0.328. The van der Waals surface area contributed by atoms with E-state index in [1.807, 2.05) is 0 Å². The Morgan fingerprint density at radius 1 is 1.05 bits per heavy atom. The molecule has 0 aliphatic rings. The highest BCUT2D eigenvalue weighted by atomic mass is 19.1. The molecule has 21 heavy (non-hydrogen) atoms. The van der Waals surface area contributed by atoms with Crippen molar-refractivity contribution in [2.24, 2.45) is 0 Å². The topological polar surface area (TPSA) is 29.5 Å². The predicted molar refractivity (Wildman–Crippen MR) is 85.1 cm³/mol. The second kappa shape index (κ2) is 10.6. The first kappa shape index (κ1) is 18.0. The van der Waals surface area contributed by atoms with Gasteiger partial charge in [-0.15, -0.1) is 0 Å². The number of aliphatic hydroxyl groups excluding tert-OH is 1. The maximum absolute atomic E-state index is 13.2. The molecular formula is C18H29FO2. The molecule has 0 fully saturated rings. The third-order valence-electron chi connectivity index (χ3n) is 3.68. The molecule has 1 N–H and O–H groups in total. The van der Waals surface area contributed by atoms with Crippen molar-refractivity contribution in [3.63, 3.8) is 0 Å². The van der Waals surface area contributed by atoms with Crippen LogP contribution in [0.2, 0.25) is 0 Å². The average molecular weight is 296 g/mol. The van der Waals surface area contributed by atoms with E-state index in [-0.39, 0.29) is 5.82 Å². The summed E-state index contributed by atoms with van der Waals surface area (Å²) in [6.07, 6.45) is 9.29. The number of hydrogen-bond donors (Lipinski definition) is 1. The van der Waals surface area contributed by atoms with Crippen molar-refractivity contribution in [3.8, 4) is 5.75 Å². The molecule has 1 aromatic carbocycles. The predicted octanol–water partition coefficient (Wildman–Crippen LogP) is 5.40. The lowest BCUT2D eigenvalue weighted by Gasteiger charge is -2.13. The van der Waals surface area contributed by atoms with Crippen LogP contribution >= 0.6 is 0 Å². The SMILES string of the molecule is CCCCCCCCCCOc1cc(F)ccc1C(C)O. The number of rotatable bonds is 11. The summed E-state index contributed by atoms with van der Waals surface area (Å²) in [4.78, 5) is 0. The summed E-state index contributed by atoms with van der Waals surface area (Å²) >= 11 is 0. The molecule has 0 saturated carbocycles. The van der Waals surface area contributed by atoms with Gasteiger partial charge in [-0.1, -0.05) is 51.9 Å². The summed E-state index contributed by atoms with van der Waals surface area (Å²) in [6.45, 7) is 4.47. The first-order valence-electron chi connectivity index (χ1n) is 8.25. The molecule has 0 spiro atoms. The highest BCUT2D eigenvalue weighted by Crippen LogP contribution is 2.26. The number of aliphatic hydroxyl groups is 1. The second-order valence-electron chi connectivity index (χ2n) is 5.68. The lowest BCUT2D eigenvalue weighted by Crippen LogP contribution is -2.03. The Morgan fingerprint density at radius 3 is 2.29 bits per heavy atom. The Kier molecular flexibility index (Phi) is 9.07. The maximum Gasteiger partial charge on any atom is 0.127 e. The van der Waals surface area contributed by atoms with Crippen LogP contribution in [-0.2, 0) is 0 Å². The van der Waals surface area contributed by atoms with E-state index in [0.717, 1.165) is 12.8 Å². The molecule has 1 unspecified atom stereocenters. The van der Waals surface area contributed by atoms with Crippen LogP contribution in [0, 0.1) is 5.82 Å². The molecule has 0 aliphatic heterocycles. The summed E-state index contributed by atoms with van der Waals surface area (Å²) in [6, 6.07) is 4.29. The molecule has 1 rings (SSSR count). The Hall–Kier alpha value is -1.09. The molecule has 0 amide bonds. The Morgan fingerprint density at radius 2 is 1.67 bits per heavy atom. The summed E-state index contributed by atoms with van der Waals surface area (Å²) in [7, 11) is 0. The monoisotopic (exact) mass is 296 g/mol. The van der Waals surface area contributed by atoms with Crippen molar-refractivity contribution in [1.82, 2.24) is 0 Å². The Balaban J connectivity index is 2.19. The summed E-state index contributed by atoms with van der Waals surface area (Å²) in [5, 5.41) is 9.64. The number of hydrogen-bond acceptors (Lipinski definition) is 2. The third-order valence-corrected chi connectivity index (χ3v) is 3.68. The van der Waals surface area contributed by atoms with E-state index in [1.54, 1.807) is 13.0 Å². The van der Waals surface area contributed by atoms with Crippen molar-refractivity contribution in [3.05, 3.63) is 29.6 Å². The average Bonchev–Trinajstić information content (AvgIpc) is 2.45. The molecule has 0 radical (unpaired) electrons. The Labute approximate surface area is 128 Å². The van der Waals surface area contributed by atoms with Gasteiger partial charge in [-0.05, 0) is 25.5 Å². The zero-order valence-electron chi connectivity index (χ0n) is 13.4. The fourth-order valence-electron chi connectivity index (χ4n) is 2.40. The molecule has 3 heteroatoms. The van der Waals surface area contributed by atoms with Crippen molar-refractivity contribution < 1.29 is 14.2 Å². The largest absolute Gasteiger partial charge is 0.493 e. The van der Waals surface area contributed by atoms with E-state index in [9.17, 15) is 9.50 Å². The second-order valence-corrected chi connectivity index (χ2v) is 5.68. The summed E-state index contributed by atoms with van der Waals surface area (Å²) in [5.41, 5.74) is 0.649. The number of benzene rings is 1. The van der Waals surface area contributed by atoms with E-state index in [0.29, 0.717) is 17.9 Å². The molecular weight excluding hydrogens is 267 g/mol. The van der Waals surface area contributed by atoms with Crippen molar-refractivity contribution >= 4 is 0 Å². The van der Waals surface area contributed by atoms with E-state index in [1.165, 1.54) is 50.7 Å². The van der Waals surface area contributed by atoms with Gasteiger partial charge in [0.05, 0.1) is 12.7 Å². The molecule has 1 atom stereocenters. The lowest BCUT2D eigenvalue weighted by molar-refractivity contribution is 0.190. The van der Waals surface area contributed by atoms with Crippen LogP contribution in [0.25, 0.3) is 0 Å². The number of halogens is 1. The number of ether oxygens (including phenoxy) is 1. The van der Waals surface area contributed by atoms with E-state index in [4.69, 9.17) is 4.74 Å². The smallest absolute Gasteiger partial charge is 0.127 e. The van der Waals surface area contributed by atoms with Crippen LogP contribution in [0.15, 0.2) is 18.2 Å². The van der Waals surface area contributed by atoms with Crippen LogP contribution in [0.5, 0.6) is 5.75 Å². The van der Waals surface area contributed by atoms with Gasteiger partial charge in [-0.3, -0.25) is 0 Å². The first-order chi connectivity index (χ1) is 10.1. The quantitative estimate of drug-likeness (QED) is 0.554. The van der Waals surface area contributed by atoms with Crippen LogP contribution in [0.3, 0.4) is 0 Å². The standard InChI is InChI=1S/C18H29FO2/c1-3-4-5-6-7-8-9-10-13-21-18-14-16(19)11-12-17(18)15(2)20/h11-12,14-15,20H,3-10,13H2,1-2H3. The zero-order chi connectivity index (χ0) is 15.5. The van der Waals surface area contributed by atoms with Gasteiger partial charge in [0.15, 0.2) is 0 Å². The van der Waals surface area contributed by atoms with Gasteiger partial charge in [0, 0.05) is 11.6 Å². The minimum atomic E-state index is -0.640. The van der Waals surface area contributed by atoms with Gasteiger partial charge < -0.3 is 9.84 Å². The molecule has 2 nitrogen and oxygen atoms in total. The van der Waals surface area contributed by atoms with Crippen molar-refractivity contribution in [2.45, 2.75) is 71.3 Å². The number of unbranched alkanes of at least 4 members (excludes halogenated alkanes) is 7. The van der Waals surface area contributed by atoms with Gasteiger partial charge >= 0.3 is 0 Å². The Bertz CT molecular complexity index is 391. The molecule has 1 aromatic rings. The van der Waals surface area contributed by atoms with Gasteiger partial charge in [-0.25, -0.2) is 4.39 Å². The van der Waals surface area contributed by atoms with Crippen LogP contribution in [-0.4, -0.2) is 11.7 Å². The van der Waals surface area contributed by atoms with Gasteiger partial charge in [0.2, 0.25) is 0 Å². The zero-order valence-corrected chi connectivity index (χ0v) is 13.4. The molecule has 0 saturated heterocycles. The van der Waals surface area contributed by atoms with Crippen LogP contribution in [0.1, 0.15) is 76.9 Å². The van der Waals surface area contributed by atoms with Gasteiger partial charge in [0.25, 0.3) is 0 Å². The van der Waals surface area contributed by atoms with E-state index >= 15 is 0 Å². The van der Waals surface area contributed by atoms with Crippen molar-refractivity contribution in [1.29, 1.82) is 0 Å². The van der Waals surface area contributed by atoms with E-state index in [2.05, 4.69) is 6.92 Å². The molecule has 0 bridgehead atoms. The third kappa shape index (κ3) is 7.47. The lowest BCUT2D eigenvalue weighted by atomic mass is 10.1. The summed E-state index contributed by atoms with van der Waals surface area (Å²) < 4.78 is 18.9. The first-order valence-corrected chi connectivity index (χ1v) is 8.25. The molecule has 0 aromatic heterocycles. The minimum Gasteiger partial charge on any atom is -0.493 e. The maximum atomic E-state index is 13.2. The van der Waals surface area contributed by atoms with Crippen LogP contribution in [0.4, 0.5) is 4.39 Å². The fourth-order valence-corrected chi connectivity index (χ4v) is 2.40. The summed E-state index contributed by atoms with van der Waals surface area (Å²) in [5.74, 6) is 0.137. The highest BCUT2D eigenvalue weighted by Gasteiger charge is 2.10. The highest BCUT2D eigenvalue weighted by molar-refractivity contribution is 5.35. The van der Waals surface area contributed by atoms with Crippen LogP contribution < -0.4 is 4.74 Å². The molecule has 0 heterocycles. The van der Waals surface area contributed by atoms with Gasteiger partial charge in [0.1, 0.15) is 11.6 Å². The fraction of sp³-hybridized carbons (Fsp3) is 0.667. The van der Waals surface area contributed by atoms with E-state index < -0.39 is 6.10 Å². The van der Waals surface area contributed by atoms with Gasteiger partial charge in [-0.2, -0.15) is 0 Å². The molecule has 120 valence electrons. The normalized spacial score (nSPS) is 12.4. The van der Waals surface area contributed by atoms with Crippen molar-refractivity contribution in [2.75, 3.05) is 6.61 Å². The molecule has 0 aliphatic carbocycles.